The molecule has 2 nitrogen and oxygen atoms in total. The number of hydrogen-bond acceptors (Lipinski definition) is 2. The Morgan fingerprint density at radius 2 is 1.88 bits per heavy atom. The SMILES string of the molecule is NC1CCCC(Nc2c(Cl)cc(Br)cc2Cl)C1. The molecule has 0 saturated heterocycles. The van der Waals surface area contributed by atoms with Gasteiger partial charge in [-0.3, -0.25) is 0 Å². The van der Waals surface area contributed by atoms with Gasteiger partial charge in [0.25, 0.3) is 0 Å². The maximum absolute atomic E-state index is 6.18. The number of nitrogens with one attached hydrogen (secondary N) is 1. The van der Waals surface area contributed by atoms with Crippen LogP contribution in [0.5, 0.6) is 0 Å². The third kappa shape index (κ3) is 3.50. The summed E-state index contributed by atoms with van der Waals surface area (Å²) in [4.78, 5) is 0. The number of halogens is 3. The summed E-state index contributed by atoms with van der Waals surface area (Å²) < 4.78 is 0.887. The minimum absolute atomic E-state index is 0.286. The van der Waals surface area contributed by atoms with Crippen molar-refractivity contribution >= 4 is 44.8 Å². The Bertz CT molecular complexity index is 388. The van der Waals surface area contributed by atoms with Crippen molar-refractivity contribution in [1.82, 2.24) is 0 Å². The van der Waals surface area contributed by atoms with Gasteiger partial charge < -0.3 is 11.1 Å². The molecule has 17 heavy (non-hydrogen) atoms. The van der Waals surface area contributed by atoms with Crippen molar-refractivity contribution in [2.24, 2.45) is 5.73 Å². The van der Waals surface area contributed by atoms with E-state index >= 15 is 0 Å². The lowest BCUT2D eigenvalue weighted by atomic mass is 9.91. The number of benzene rings is 1. The molecule has 0 aromatic heterocycles. The van der Waals surface area contributed by atoms with Crippen molar-refractivity contribution in [2.45, 2.75) is 37.8 Å². The summed E-state index contributed by atoms with van der Waals surface area (Å²) in [6, 6.07) is 4.35. The monoisotopic (exact) mass is 336 g/mol. The molecule has 0 radical (unpaired) electrons. The van der Waals surface area contributed by atoms with Gasteiger partial charge in [0.15, 0.2) is 0 Å². The molecule has 2 rings (SSSR count). The fourth-order valence-electron chi connectivity index (χ4n) is 2.24. The fourth-order valence-corrected chi connectivity index (χ4v) is 3.56. The molecule has 1 saturated carbocycles. The summed E-state index contributed by atoms with van der Waals surface area (Å²) in [5.74, 6) is 0. The van der Waals surface area contributed by atoms with Crippen LogP contribution >= 0.6 is 39.1 Å². The van der Waals surface area contributed by atoms with Crippen LogP contribution in [0.4, 0.5) is 5.69 Å². The van der Waals surface area contributed by atoms with Gasteiger partial charge in [-0.15, -0.1) is 0 Å². The van der Waals surface area contributed by atoms with Crippen LogP contribution in [0.3, 0.4) is 0 Å². The molecule has 2 atom stereocenters. The van der Waals surface area contributed by atoms with Gasteiger partial charge in [0.05, 0.1) is 15.7 Å². The van der Waals surface area contributed by atoms with Gasteiger partial charge in [-0.05, 0) is 37.8 Å². The molecule has 5 heteroatoms. The highest BCUT2D eigenvalue weighted by molar-refractivity contribution is 9.10. The van der Waals surface area contributed by atoms with Crippen LogP contribution in [0.15, 0.2) is 16.6 Å². The summed E-state index contributed by atoms with van der Waals surface area (Å²) in [6.45, 7) is 0. The zero-order valence-electron chi connectivity index (χ0n) is 9.35. The van der Waals surface area contributed by atoms with Crippen molar-refractivity contribution in [3.05, 3.63) is 26.7 Å². The summed E-state index contributed by atoms with van der Waals surface area (Å²) in [5.41, 5.74) is 6.78. The molecular weight excluding hydrogens is 323 g/mol. The molecule has 2 unspecified atom stereocenters. The number of rotatable bonds is 2. The highest BCUT2D eigenvalue weighted by Crippen LogP contribution is 2.35. The first-order valence-electron chi connectivity index (χ1n) is 5.73. The van der Waals surface area contributed by atoms with E-state index in [9.17, 15) is 0 Å². The summed E-state index contributed by atoms with van der Waals surface area (Å²) >= 11 is 15.7. The molecular formula is C12H15BrCl2N2. The van der Waals surface area contributed by atoms with Crippen LogP contribution in [-0.2, 0) is 0 Å². The Morgan fingerprint density at radius 1 is 1.24 bits per heavy atom. The quantitative estimate of drug-likeness (QED) is 0.837. The molecule has 1 fully saturated rings. The Balaban J connectivity index is 2.12. The molecule has 1 aromatic carbocycles. The van der Waals surface area contributed by atoms with Gasteiger partial charge >= 0.3 is 0 Å². The lowest BCUT2D eigenvalue weighted by Gasteiger charge is -2.28. The third-order valence-corrected chi connectivity index (χ3v) is 4.12. The van der Waals surface area contributed by atoms with Crippen LogP contribution in [-0.4, -0.2) is 12.1 Å². The zero-order chi connectivity index (χ0) is 12.4. The second-order valence-electron chi connectivity index (χ2n) is 4.51. The molecule has 1 aliphatic carbocycles. The predicted molar refractivity (Wildman–Crippen MR) is 78.0 cm³/mol. The molecule has 0 spiro atoms. The lowest BCUT2D eigenvalue weighted by molar-refractivity contribution is 0.409. The van der Waals surface area contributed by atoms with E-state index in [-0.39, 0.29) is 6.04 Å². The lowest BCUT2D eigenvalue weighted by Crippen LogP contribution is -2.35. The maximum atomic E-state index is 6.18. The van der Waals surface area contributed by atoms with E-state index in [0.29, 0.717) is 16.1 Å². The van der Waals surface area contributed by atoms with Gasteiger partial charge in [-0.25, -0.2) is 0 Å². The Morgan fingerprint density at radius 3 is 2.47 bits per heavy atom. The average Bonchev–Trinajstić information content (AvgIpc) is 2.23. The molecule has 1 aliphatic rings. The van der Waals surface area contributed by atoms with E-state index in [1.807, 2.05) is 12.1 Å². The zero-order valence-corrected chi connectivity index (χ0v) is 12.4. The van der Waals surface area contributed by atoms with Gasteiger partial charge in [-0.1, -0.05) is 39.1 Å². The predicted octanol–water partition coefficient (Wildman–Crippen LogP) is 4.44. The van der Waals surface area contributed by atoms with Crippen LogP contribution in [0.25, 0.3) is 0 Å². The highest BCUT2D eigenvalue weighted by Gasteiger charge is 2.20. The van der Waals surface area contributed by atoms with Crippen molar-refractivity contribution < 1.29 is 0 Å². The van der Waals surface area contributed by atoms with Crippen LogP contribution in [0.2, 0.25) is 10.0 Å². The first-order valence-corrected chi connectivity index (χ1v) is 7.28. The van der Waals surface area contributed by atoms with Crippen molar-refractivity contribution in [3.63, 3.8) is 0 Å². The van der Waals surface area contributed by atoms with E-state index in [1.54, 1.807) is 0 Å². The standard InChI is InChI=1S/C12H15BrCl2N2/c13-7-4-10(14)12(11(15)5-7)17-9-3-1-2-8(16)6-9/h4-5,8-9,17H,1-3,6,16H2. The number of hydrogen-bond donors (Lipinski definition) is 2. The minimum atomic E-state index is 0.286. The molecule has 0 aliphatic heterocycles. The summed E-state index contributed by atoms with van der Waals surface area (Å²) in [5, 5.41) is 4.69. The second-order valence-corrected chi connectivity index (χ2v) is 6.24. The second kappa shape index (κ2) is 5.79. The van der Waals surface area contributed by atoms with E-state index < -0.39 is 0 Å². The molecule has 0 amide bonds. The Hall–Kier alpha value is 0.0400. The van der Waals surface area contributed by atoms with Crippen molar-refractivity contribution in [2.75, 3.05) is 5.32 Å². The van der Waals surface area contributed by atoms with Gasteiger partial charge in [-0.2, -0.15) is 0 Å². The number of anilines is 1. The third-order valence-electron chi connectivity index (χ3n) is 3.07. The average molecular weight is 338 g/mol. The van der Waals surface area contributed by atoms with Crippen molar-refractivity contribution in [1.29, 1.82) is 0 Å². The fraction of sp³-hybridized carbons (Fsp3) is 0.500. The Kier molecular flexibility index (Phi) is 4.59. The normalized spacial score (nSPS) is 24.7. The van der Waals surface area contributed by atoms with Crippen LogP contribution < -0.4 is 11.1 Å². The largest absolute Gasteiger partial charge is 0.380 e. The maximum Gasteiger partial charge on any atom is 0.0721 e. The number of nitrogens with two attached hydrogens (primary N) is 1. The Labute approximate surface area is 120 Å². The van der Waals surface area contributed by atoms with Gasteiger partial charge in [0.1, 0.15) is 0 Å². The van der Waals surface area contributed by atoms with Crippen molar-refractivity contribution in [3.8, 4) is 0 Å². The molecule has 0 bridgehead atoms. The summed E-state index contributed by atoms with van der Waals surface area (Å²) in [7, 11) is 0. The van der Waals surface area contributed by atoms with E-state index in [1.165, 1.54) is 0 Å². The topological polar surface area (TPSA) is 38.0 Å². The van der Waals surface area contributed by atoms with E-state index in [2.05, 4.69) is 21.2 Å². The van der Waals surface area contributed by atoms with Crippen LogP contribution in [0, 0.1) is 0 Å². The van der Waals surface area contributed by atoms with E-state index in [0.717, 1.165) is 35.8 Å². The van der Waals surface area contributed by atoms with Gasteiger partial charge in [0.2, 0.25) is 0 Å². The molecule has 94 valence electrons. The smallest absolute Gasteiger partial charge is 0.0721 e. The molecule has 3 N–H and O–H groups in total. The van der Waals surface area contributed by atoms with Gasteiger partial charge in [0, 0.05) is 16.6 Å². The minimum Gasteiger partial charge on any atom is -0.380 e. The summed E-state index contributed by atoms with van der Waals surface area (Å²) in [6.07, 6.45) is 4.36. The molecule has 1 aromatic rings. The first kappa shape index (κ1) is 13.5. The van der Waals surface area contributed by atoms with E-state index in [4.69, 9.17) is 28.9 Å². The molecule has 0 heterocycles. The van der Waals surface area contributed by atoms with Crippen LogP contribution in [0.1, 0.15) is 25.7 Å². The first-order chi connectivity index (χ1) is 8.06. The highest BCUT2D eigenvalue weighted by atomic mass is 79.9.